The molecule has 9 heteroatoms. The van der Waals surface area contributed by atoms with E-state index in [4.69, 9.17) is 9.84 Å². The first-order valence-corrected chi connectivity index (χ1v) is 8.90. The van der Waals surface area contributed by atoms with Crippen LogP contribution in [0.3, 0.4) is 0 Å². The molecule has 0 saturated carbocycles. The van der Waals surface area contributed by atoms with Gasteiger partial charge in [-0.2, -0.15) is 0 Å². The number of rotatable bonds is 10. The smallest absolute Gasteiger partial charge is 0.305 e. The van der Waals surface area contributed by atoms with E-state index in [0.29, 0.717) is 6.54 Å². The van der Waals surface area contributed by atoms with Crippen molar-refractivity contribution in [1.29, 1.82) is 0 Å². The van der Waals surface area contributed by atoms with Crippen molar-refractivity contribution in [3.05, 3.63) is 29.8 Å². The van der Waals surface area contributed by atoms with Gasteiger partial charge in [0.25, 0.3) is 5.91 Å². The third-order valence-electron chi connectivity index (χ3n) is 3.25. The summed E-state index contributed by atoms with van der Waals surface area (Å²) < 4.78 is 31.5. The molecule has 0 spiro atoms. The number of amides is 1. The second-order valence-corrected chi connectivity index (χ2v) is 6.71. The normalized spacial score (nSPS) is 11.2. The molecule has 24 heavy (non-hydrogen) atoms. The number of carboxylic acid groups (broad SMARTS) is 1. The van der Waals surface area contributed by atoms with Gasteiger partial charge in [0.05, 0.1) is 17.9 Å². The molecule has 0 bridgehead atoms. The quantitative estimate of drug-likeness (QED) is 0.591. The fraction of sp³-hybridized carbons (Fsp3) is 0.467. The van der Waals surface area contributed by atoms with Crippen LogP contribution >= 0.6 is 0 Å². The molecule has 1 aromatic carbocycles. The minimum Gasteiger partial charge on any atom is -0.481 e. The SMILES string of the molecule is CCN(CCC(=O)O)C(=O)c1cccc(S(=O)(=O)NCCOC)c1. The third kappa shape index (κ3) is 5.91. The Hall–Kier alpha value is -1.97. The fourth-order valence-electron chi connectivity index (χ4n) is 1.97. The summed E-state index contributed by atoms with van der Waals surface area (Å²) in [7, 11) is -2.28. The topological polar surface area (TPSA) is 113 Å². The van der Waals surface area contributed by atoms with Crippen molar-refractivity contribution in [2.45, 2.75) is 18.2 Å². The summed E-state index contributed by atoms with van der Waals surface area (Å²) in [4.78, 5) is 24.4. The molecule has 0 aromatic heterocycles. The molecule has 1 aromatic rings. The van der Waals surface area contributed by atoms with Gasteiger partial charge in [-0.05, 0) is 25.1 Å². The molecule has 0 unspecified atom stereocenters. The molecule has 0 aliphatic carbocycles. The number of carboxylic acids is 1. The van der Waals surface area contributed by atoms with Crippen LogP contribution in [0.1, 0.15) is 23.7 Å². The largest absolute Gasteiger partial charge is 0.481 e. The van der Waals surface area contributed by atoms with Crippen LogP contribution in [0.15, 0.2) is 29.2 Å². The monoisotopic (exact) mass is 358 g/mol. The average molecular weight is 358 g/mol. The number of nitrogens with one attached hydrogen (secondary N) is 1. The van der Waals surface area contributed by atoms with Gasteiger partial charge in [0.1, 0.15) is 0 Å². The molecule has 1 rings (SSSR count). The molecule has 0 aliphatic rings. The maximum atomic E-state index is 12.4. The van der Waals surface area contributed by atoms with Crippen LogP contribution in [0, 0.1) is 0 Å². The van der Waals surface area contributed by atoms with Crippen molar-refractivity contribution in [2.75, 3.05) is 33.4 Å². The van der Waals surface area contributed by atoms with Crippen LogP contribution in [-0.2, 0) is 19.6 Å². The van der Waals surface area contributed by atoms with E-state index in [0.717, 1.165) is 0 Å². The van der Waals surface area contributed by atoms with Crippen LogP contribution in [0.5, 0.6) is 0 Å². The zero-order chi connectivity index (χ0) is 18.2. The van der Waals surface area contributed by atoms with Gasteiger partial charge in [0, 0.05) is 32.3 Å². The van der Waals surface area contributed by atoms with Gasteiger partial charge in [0.2, 0.25) is 10.0 Å². The van der Waals surface area contributed by atoms with Crippen molar-refractivity contribution >= 4 is 21.9 Å². The van der Waals surface area contributed by atoms with Crippen molar-refractivity contribution in [3.63, 3.8) is 0 Å². The maximum Gasteiger partial charge on any atom is 0.305 e. The van der Waals surface area contributed by atoms with Gasteiger partial charge in [0.15, 0.2) is 0 Å². The molecule has 2 N–H and O–H groups in total. The highest BCUT2D eigenvalue weighted by molar-refractivity contribution is 7.89. The van der Waals surface area contributed by atoms with E-state index in [2.05, 4.69) is 4.72 Å². The van der Waals surface area contributed by atoms with Crippen molar-refractivity contribution < 1.29 is 27.9 Å². The lowest BCUT2D eigenvalue weighted by molar-refractivity contribution is -0.137. The first-order chi connectivity index (χ1) is 11.3. The highest BCUT2D eigenvalue weighted by Gasteiger charge is 2.19. The summed E-state index contributed by atoms with van der Waals surface area (Å²) in [6.07, 6.45) is -0.170. The van der Waals surface area contributed by atoms with Crippen LogP contribution < -0.4 is 4.72 Å². The minimum atomic E-state index is -3.74. The molecule has 0 saturated heterocycles. The highest BCUT2D eigenvalue weighted by Crippen LogP contribution is 2.13. The number of ether oxygens (including phenoxy) is 1. The zero-order valence-corrected chi connectivity index (χ0v) is 14.5. The van der Waals surface area contributed by atoms with E-state index < -0.39 is 21.9 Å². The van der Waals surface area contributed by atoms with Crippen molar-refractivity contribution in [3.8, 4) is 0 Å². The summed E-state index contributed by atoms with van der Waals surface area (Å²) in [6, 6.07) is 5.64. The Morgan fingerprint density at radius 3 is 2.62 bits per heavy atom. The first-order valence-electron chi connectivity index (χ1n) is 7.41. The molecular weight excluding hydrogens is 336 g/mol. The molecule has 0 radical (unpaired) electrons. The number of nitrogens with zero attached hydrogens (tertiary/aromatic N) is 1. The molecule has 1 amide bonds. The summed E-state index contributed by atoms with van der Waals surface area (Å²) in [5.74, 6) is -1.41. The van der Waals surface area contributed by atoms with E-state index in [-0.39, 0.29) is 36.6 Å². The highest BCUT2D eigenvalue weighted by atomic mass is 32.2. The van der Waals surface area contributed by atoms with E-state index in [1.54, 1.807) is 6.92 Å². The summed E-state index contributed by atoms with van der Waals surface area (Å²) in [5, 5.41) is 8.73. The molecule has 0 heterocycles. The predicted molar refractivity (Wildman–Crippen MR) is 87.3 cm³/mol. The number of sulfonamides is 1. The Labute approximate surface area is 141 Å². The minimum absolute atomic E-state index is 0.0289. The van der Waals surface area contributed by atoms with E-state index in [1.165, 1.54) is 36.3 Å². The lowest BCUT2D eigenvalue weighted by Crippen LogP contribution is -2.33. The number of carbonyl (C=O) groups is 2. The Morgan fingerprint density at radius 2 is 2.04 bits per heavy atom. The van der Waals surface area contributed by atoms with Gasteiger partial charge < -0.3 is 14.7 Å². The van der Waals surface area contributed by atoms with Crippen LogP contribution in [-0.4, -0.2) is 63.7 Å². The predicted octanol–water partition coefficient (Wildman–Crippen LogP) is 0.548. The van der Waals surface area contributed by atoms with Crippen LogP contribution in [0.2, 0.25) is 0 Å². The van der Waals surface area contributed by atoms with Gasteiger partial charge in [-0.25, -0.2) is 13.1 Å². The second-order valence-electron chi connectivity index (χ2n) is 4.95. The number of benzene rings is 1. The number of hydrogen-bond acceptors (Lipinski definition) is 5. The molecule has 0 aliphatic heterocycles. The van der Waals surface area contributed by atoms with Crippen LogP contribution in [0.25, 0.3) is 0 Å². The average Bonchev–Trinajstić information content (AvgIpc) is 2.55. The Morgan fingerprint density at radius 1 is 1.33 bits per heavy atom. The van der Waals surface area contributed by atoms with Gasteiger partial charge in [-0.15, -0.1) is 0 Å². The standard InChI is InChI=1S/C15H22N2O6S/c1-3-17(9-7-14(18)19)15(20)12-5-4-6-13(11-12)24(21,22)16-8-10-23-2/h4-6,11,16H,3,7-10H2,1-2H3,(H,18,19). The van der Waals surface area contributed by atoms with Gasteiger partial charge in [-0.1, -0.05) is 6.07 Å². The van der Waals surface area contributed by atoms with Gasteiger partial charge >= 0.3 is 5.97 Å². The second kappa shape index (κ2) is 9.36. The van der Waals surface area contributed by atoms with Crippen LogP contribution in [0.4, 0.5) is 0 Å². The molecular formula is C15H22N2O6S. The molecule has 0 atom stereocenters. The van der Waals surface area contributed by atoms with E-state index in [1.807, 2.05) is 0 Å². The molecule has 0 fully saturated rings. The fourth-order valence-corrected chi connectivity index (χ4v) is 3.03. The number of carbonyl (C=O) groups excluding carboxylic acids is 1. The lowest BCUT2D eigenvalue weighted by atomic mass is 10.2. The van der Waals surface area contributed by atoms with Crippen molar-refractivity contribution in [2.24, 2.45) is 0 Å². The third-order valence-corrected chi connectivity index (χ3v) is 4.71. The number of aliphatic carboxylic acids is 1. The Balaban J connectivity index is 2.93. The maximum absolute atomic E-state index is 12.4. The summed E-state index contributed by atoms with van der Waals surface area (Å²) >= 11 is 0. The Bertz CT molecular complexity index is 674. The zero-order valence-electron chi connectivity index (χ0n) is 13.7. The Kier molecular flexibility index (Phi) is 7.83. The lowest BCUT2D eigenvalue weighted by Gasteiger charge is -2.20. The van der Waals surface area contributed by atoms with E-state index in [9.17, 15) is 18.0 Å². The molecule has 8 nitrogen and oxygen atoms in total. The van der Waals surface area contributed by atoms with E-state index >= 15 is 0 Å². The summed E-state index contributed by atoms with van der Waals surface area (Å²) in [5.41, 5.74) is 0.192. The number of methoxy groups -OCH3 is 1. The molecule has 134 valence electrons. The number of hydrogen-bond donors (Lipinski definition) is 2. The summed E-state index contributed by atoms with van der Waals surface area (Å²) in [6.45, 7) is 2.48. The first kappa shape index (κ1) is 20.1. The van der Waals surface area contributed by atoms with Gasteiger partial charge in [-0.3, -0.25) is 9.59 Å². The van der Waals surface area contributed by atoms with Crippen molar-refractivity contribution in [1.82, 2.24) is 9.62 Å².